The Morgan fingerprint density at radius 1 is 1.43 bits per heavy atom. The first kappa shape index (κ1) is 17.5. The first-order chi connectivity index (χ1) is 9.62. The largest absolute Gasteiger partial charge is 0.306 e. The summed E-state index contributed by atoms with van der Waals surface area (Å²) in [6.07, 6.45) is 1.47. The molecule has 0 fully saturated rings. The average Bonchev–Trinajstić information content (AvgIpc) is 2.40. The third-order valence-electron chi connectivity index (χ3n) is 3.41. The molecule has 0 heterocycles. The summed E-state index contributed by atoms with van der Waals surface area (Å²) >= 11 is 0. The Morgan fingerprint density at radius 3 is 2.48 bits per heavy atom. The minimum absolute atomic E-state index is 0.0701. The molecule has 1 aromatic carbocycles. The van der Waals surface area contributed by atoms with Crippen molar-refractivity contribution in [2.75, 3.05) is 7.05 Å². The second-order valence-electron chi connectivity index (χ2n) is 4.99. The van der Waals surface area contributed by atoms with Gasteiger partial charge in [-0.2, -0.15) is 8.70 Å². The van der Waals surface area contributed by atoms with Gasteiger partial charge in [0.2, 0.25) is 15.8 Å². The van der Waals surface area contributed by atoms with Crippen molar-refractivity contribution >= 4 is 15.7 Å². The molecule has 6 nitrogen and oxygen atoms in total. The van der Waals surface area contributed by atoms with E-state index in [0.717, 1.165) is 22.9 Å². The normalized spacial score (nSPS) is 13.4. The smallest absolute Gasteiger partial charge is 0.258 e. The number of hydrogen-bond donors (Lipinski definition) is 0. The lowest BCUT2D eigenvalue weighted by molar-refractivity contribution is -0.387. The zero-order valence-corrected chi connectivity index (χ0v) is 13.3. The number of nitrogens with zero attached hydrogens (tertiary/aromatic N) is 2. The third-order valence-corrected chi connectivity index (χ3v) is 5.36. The molecule has 0 saturated heterocycles. The summed E-state index contributed by atoms with van der Waals surface area (Å²) in [6.45, 7) is 4.99. The minimum atomic E-state index is -3.89. The highest BCUT2D eigenvalue weighted by atomic mass is 32.2. The van der Waals surface area contributed by atoms with Crippen LogP contribution in [0.3, 0.4) is 0 Å². The first-order valence-electron chi connectivity index (χ1n) is 6.55. The van der Waals surface area contributed by atoms with Crippen molar-refractivity contribution in [3.8, 4) is 0 Å². The molecule has 0 aliphatic rings. The van der Waals surface area contributed by atoms with Gasteiger partial charge >= 0.3 is 5.69 Å². The van der Waals surface area contributed by atoms with E-state index in [1.807, 2.05) is 6.92 Å². The molecule has 0 bridgehead atoms. The lowest BCUT2D eigenvalue weighted by Gasteiger charge is -2.24. The molecule has 118 valence electrons. The van der Waals surface area contributed by atoms with Crippen LogP contribution in [-0.4, -0.2) is 30.7 Å². The molecule has 8 heteroatoms. The maximum Gasteiger partial charge on any atom is 0.306 e. The van der Waals surface area contributed by atoms with Crippen molar-refractivity contribution in [2.45, 2.75) is 44.6 Å². The van der Waals surface area contributed by atoms with Gasteiger partial charge in [0.15, 0.2) is 0 Å². The summed E-state index contributed by atoms with van der Waals surface area (Å²) in [5, 5.41) is 10.8. The summed E-state index contributed by atoms with van der Waals surface area (Å²) in [4.78, 5) is 9.63. The van der Waals surface area contributed by atoms with Gasteiger partial charge in [0.05, 0.1) is 9.82 Å². The van der Waals surface area contributed by atoms with E-state index < -0.39 is 26.5 Å². The maximum absolute atomic E-state index is 13.7. The number of benzene rings is 1. The van der Waals surface area contributed by atoms with Crippen molar-refractivity contribution in [3.63, 3.8) is 0 Å². The van der Waals surface area contributed by atoms with Crippen LogP contribution in [0.1, 0.15) is 32.3 Å². The third kappa shape index (κ3) is 3.56. The lowest BCUT2D eigenvalue weighted by Crippen LogP contribution is -2.35. The molecule has 1 unspecified atom stereocenters. The average molecular weight is 318 g/mol. The molecule has 0 aliphatic heterocycles. The number of nitro groups is 1. The van der Waals surface area contributed by atoms with E-state index in [4.69, 9.17) is 0 Å². The van der Waals surface area contributed by atoms with E-state index in [0.29, 0.717) is 6.42 Å². The molecule has 0 amide bonds. The van der Waals surface area contributed by atoms with Gasteiger partial charge in [-0.25, -0.2) is 8.42 Å². The fraction of sp³-hybridized carbons (Fsp3) is 0.538. The monoisotopic (exact) mass is 318 g/mol. The summed E-state index contributed by atoms with van der Waals surface area (Å²) in [7, 11) is -2.48. The van der Waals surface area contributed by atoms with Crippen LogP contribution in [0.5, 0.6) is 0 Å². The fourth-order valence-electron chi connectivity index (χ4n) is 2.00. The summed E-state index contributed by atoms with van der Waals surface area (Å²) in [5.41, 5.74) is -0.899. The molecule has 0 aromatic heterocycles. The molecule has 21 heavy (non-hydrogen) atoms. The Kier molecular flexibility index (Phi) is 5.41. The highest BCUT2D eigenvalue weighted by Crippen LogP contribution is 2.27. The Labute approximate surface area is 123 Å². The first-order valence-corrected chi connectivity index (χ1v) is 7.99. The van der Waals surface area contributed by atoms with Crippen LogP contribution in [0, 0.1) is 22.9 Å². The van der Waals surface area contributed by atoms with Crippen LogP contribution in [0.25, 0.3) is 0 Å². The number of sulfonamides is 1. The van der Waals surface area contributed by atoms with E-state index in [-0.39, 0.29) is 16.5 Å². The van der Waals surface area contributed by atoms with Gasteiger partial charge in [0, 0.05) is 19.2 Å². The van der Waals surface area contributed by atoms with Crippen LogP contribution in [0.2, 0.25) is 0 Å². The van der Waals surface area contributed by atoms with E-state index in [9.17, 15) is 22.9 Å². The Morgan fingerprint density at radius 2 is 2.00 bits per heavy atom. The quantitative estimate of drug-likeness (QED) is 0.596. The highest BCUT2D eigenvalue weighted by molar-refractivity contribution is 7.89. The summed E-state index contributed by atoms with van der Waals surface area (Å²) < 4.78 is 39.7. The van der Waals surface area contributed by atoms with Gasteiger partial charge in [0.1, 0.15) is 0 Å². The predicted molar refractivity (Wildman–Crippen MR) is 77.1 cm³/mol. The SMILES string of the molecule is CCCC(C)N(C)S(=O)(=O)c1cc(C)c(F)c([N+](=O)[O-])c1. The van der Waals surface area contributed by atoms with E-state index in [1.54, 1.807) is 6.92 Å². The molecule has 1 rings (SSSR count). The summed E-state index contributed by atoms with van der Waals surface area (Å²) in [5.74, 6) is -1.01. The van der Waals surface area contributed by atoms with Crippen molar-refractivity contribution in [2.24, 2.45) is 0 Å². The van der Waals surface area contributed by atoms with Crippen LogP contribution in [-0.2, 0) is 10.0 Å². The van der Waals surface area contributed by atoms with Crippen LogP contribution < -0.4 is 0 Å². The zero-order chi connectivity index (χ0) is 16.4. The van der Waals surface area contributed by atoms with Crippen molar-refractivity contribution in [1.29, 1.82) is 0 Å². The predicted octanol–water partition coefficient (Wildman–Crippen LogP) is 2.85. The number of hydrogen-bond acceptors (Lipinski definition) is 4. The van der Waals surface area contributed by atoms with Crippen LogP contribution in [0.4, 0.5) is 10.1 Å². The standard InChI is InChI=1S/C13H19FN2O4S/c1-5-6-10(3)15(4)21(19,20)11-7-9(2)13(14)12(8-11)16(17)18/h7-8,10H,5-6H2,1-4H3. The number of nitro benzene ring substituents is 1. The topological polar surface area (TPSA) is 80.5 Å². The zero-order valence-electron chi connectivity index (χ0n) is 12.5. The van der Waals surface area contributed by atoms with Gasteiger partial charge in [-0.15, -0.1) is 0 Å². The molecule has 1 aromatic rings. The molecule has 0 spiro atoms. The number of rotatable bonds is 6. The molecular weight excluding hydrogens is 299 g/mol. The van der Waals surface area contributed by atoms with E-state index in [2.05, 4.69) is 0 Å². The van der Waals surface area contributed by atoms with Crippen molar-refractivity contribution in [3.05, 3.63) is 33.6 Å². The Bertz CT molecular complexity index is 646. The molecular formula is C13H19FN2O4S. The maximum atomic E-state index is 13.7. The summed E-state index contributed by atoms with van der Waals surface area (Å²) in [6, 6.07) is 1.64. The second kappa shape index (κ2) is 6.48. The van der Waals surface area contributed by atoms with Gasteiger partial charge in [-0.05, 0) is 31.9 Å². The lowest BCUT2D eigenvalue weighted by atomic mass is 10.2. The van der Waals surface area contributed by atoms with Gasteiger partial charge in [0.25, 0.3) is 0 Å². The Hall–Kier alpha value is -1.54. The molecule has 1 atom stereocenters. The molecule has 0 saturated carbocycles. The second-order valence-corrected chi connectivity index (χ2v) is 6.99. The molecule has 0 aliphatic carbocycles. The molecule has 0 radical (unpaired) electrons. The highest BCUT2D eigenvalue weighted by Gasteiger charge is 2.29. The molecule has 0 N–H and O–H groups in total. The van der Waals surface area contributed by atoms with Gasteiger partial charge in [-0.3, -0.25) is 10.1 Å². The fourth-order valence-corrected chi connectivity index (χ4v) is 3.50. The van der Waals surface area contributed by atoms with Crippen LogP contribution >= 0.6 is 0 Å². The van der Waals surface area contributed by atoms with Gasteiger partial charge < -0.3 is 0 Å². The van der Waals surface area contributed by atoms with E-state index >= 15 is 0 Å². The van der Waals surface area contributed by atoms with Crippen LogP contribution in [0.15, 0.2) is 17.0 Å². The van der Waals surface area contributed by atoms with E-state index in [1.165, 1.54) is 14.0 Å². The number of halogens is 1. The van der Waals surface area contributed by atoms with Gasteiger partial charge in [-0.1, -0.05) is 13.3 Å². The van der Waals surface area contributed by atoms with Crippen molar-refractivity contribution in [1.82, 2.24) is 4.31 Å². The minimum Gasteiger partial charge on any atom is -0.258 e. The Balaban J connectivity index is 3.36. The number of aryl methyl sites for hydroxylation is 1. The van der Waals surface area contributed by atoms with Crippen molar-refractivity contribution < 1.29 is 17.7 Å².